The Labute approximate surface area is 216 Å². The van der Waals surface area contributed by atoms with Crippen LogP contribution in [0.5, 0.6) is 5.75 Å². The number of rotatable bonds is 12. The fraction of sp³-hybridized carbons (Fsp3) is 0.214. The maximum absolute atomic E-state index is 12.6. The molecule has 0 fully saturated rings. The van der Waals surface area contributed by atoms with E-state index in [0.717, 1.165) is 22.9 Å². The molecule has 0 saturated heterocycles. The highest BCUT2D eigenvalue weighted by molar-refractivity contribution is 7.86. The Bertz CT molecular complexity index is 1330. The lowest BCUT2D eigenvalue weighted by atomic mass is 10.1. The number of aliphatic carboxylic acids is 1. The van der Waals surface area contributed by atoms with Crippen molar-refractivity contribution in [3.63, 3.8) is 0 Å². The number of nitrogens with one attached hydrogen (secondary N) is 1. The molecule has 0 aliphatic carbocycles. The Morgan fingerprint density at radius 3 is 2.14 bits per heavy atom. The molecule has 2 N–H and O–H groups in total. The van der Waals surface area contributed by atoms with Crippen molar-refractivity contribution < 1.29 is 32.0 Å². The Hall–Kier alpha value is -3.95. The third-order valence-corrected chi connectivity index (χ3v) is 5.78. The first kappa shape index (κ1) is 27.6. The van der Waals surface area contributed by atoms with E-state index in [-0.39, 0.29) is 18.1 Å². The Balaban J connectivity index is 1.52. The van der Waals surface area contributed by atoms with Crippen LogP contribution >= 0.6 is 0 Å². The van der Waals surface area contributed by atoms with Gasteiger partial charge in [0.25, 0.3) is 5.91 Å². The van der Waals surface area contributed by atoms with Gasteiger partial charge in [0.1, 0.15) is 5.75 Å². The summed E-state index contributed by atoms with van der Waals surface area (Å²) in [4.78, 5) is 23.8. The van der Waals surface area contributed by atoms with Gasteiger partial charge in [0.05, 0.1) is 6.26 Å². The van der Waals surface area contributed by atoms with Gasteiger partial charge in [-0.3, -0.25) is 4.79 Å². The predicted molar refractivity (Wildman–Crippen MR) is 142 cm³/mol. The van der Waals surface area contributed by atoms with E-state index in [1.807, 2.05) is 36.4 Å². The maximum atomic E-state index is 12.6. The Kier molecular flexibility index (Phi) is 9.59. The van der Waals surface area contributed by atoms with Gasteiger partial charge in [-0.1, -0.05) is 48.6 Å². The van der Waals surface area contributed by atoms with Crippen LogP contribution in [0.3, 0.4) is 0 Å². The number of hydrogen-bond donors (Lipinski definition) is 2. The summed E-state index contributed by atoms with van der Waals surface area (Å²) in [6.45, 7) is 2.05. The van der Waals surface area contributed by atoms with Crippen molar-refractivity contribution in [2.75, 3.05) is 18.2 Å². The molecule has 0 aliphatic rings. The minimum Gasteiger partial charge on any atom is -0.479 e. The van der Waals surface area contributed by atoms with Crippen molar-refractivity contribution in [2.24, 2.45) is 0 Å². The molecule has 8 nitrogen and oxygen atoms in total. The molecule has 3 aromatic rings. The van der Waals surface area contributed by atoms with E-state index in [1.54, 1.807) is 55.5 Å². The molecule has 0 aliphatic heterocycles. The van der Waals surface area contributed by atoms with Gasteiger partial charge in [-0.25, -0.2) is 4.79 Å². The number of hydrogen-bond acceptors (Lipinski definition) is 6. The summed E-state index contributed by atoms with van der Waals surface area (Å²) in [5, 5.41) is 12.1. The van der Waals surface area contributed by atoms with Crippen molar-refractivity contribution in [3.8, 4) is 5.75 Å². The zero-order chi connectivity index (χ0) is 26.8. The van der Waals surface area contributed by atoms with Gasteiger partial charge in [-0.2, -0.15) is 8.42 Å². The summed E-state index contributed by atoms with van der Waals surface area (Å²) in [5.74, 6) is -1.01. The summed E-state index contributed by atoms with van der Waals surface area (Å²) < 4.78 is 32.4. The minimum absolute atomic E-state index is 0.225. The van der Waals surface area contributed by atoms with Crippen LogP contribution in [0.15, 0.2) is 78.9 Å². The highest BCUT2D eigenvalue weighted by Gasteiger charge is 2.18. The van der Waals surface area contributed by atoms with Gasteiger partial charge >= 0.3 is 16.1 Å². The number of carbonyl (C=O) groups excluding carboxylic acids is 1. The highest BCUT2D eigenvalue weighted by atomic mass is 32.2. The van der Waals surface area contributed by atoms with E-state index < -0.39 is 22.2 Å². The van der Waals surface area contributed by atoms with E-state index in [2.05, 4.69) is 5.32 Å². The number of ether oxygens (including phenoxy) is 1. The average molecular weight is 524 g/mol. The van der Waals surface area contributed by atoms with E-state index in [9.17, 15) is 23.1 Å². The molecular formula is C28H29NO7S. The fourth-order valence-electron chi connectivity index (χ4n) is 3.49. The third kappa shape index (κ3) is 9.21. The number of benzene rings is 3. The first-order valence-electron chi connectivity index (χ1n) is 11.6. The first-order valence-corrected chi connectivity index (χ1v) is 13.4. The highest BCUT2D eigenvalue weighted by Crippen LogP contribution is 2.17. The molecule has 37 heavy (non-hydrogen) atoms. The molecule has 1 unspecified atom stereocenters. The number of carboxylic acids is 1. The summed E-state index contributed by atoms with van der Waals surface area (Å²) in [7, 11) is -3.54. The number of allylic oxidation sites excluding steroid dienone is 1. The maximum Gasteiger partial charge on any atom is 0.333 e. The van der Waals surface area contributed by atoms with Crippen molar-refractivity contribution in [3.05, 3.63) is 101 Å². The van der Waals surface area contributed by atoms with E-state index in [0.29, 0.717) is 24.3 Å². The molecule has 0 bridgehead atoms. The number of carboxylic acid groups (broad SMARTS) is 1. The lowest BCUT2D eigenvalue weighted by molar-refractivity contribution is -0.149. The predicted octanol–water partition coefficient (Wildman–Crippen LogP) is 4.57. The van der Waals surface area contributed by atoms with Crippen molar-refractivity contribution >= 4 is 33.8 Å². The summed E-state index contributed by atoms with van der Waals surface area (Å²) in [6, 6.07) is 21.0. The number of anilines is 1. The van der Waals surface area contributed by atoms with E-state index >= 15 is 0 Å². The number of amides is 1. The summed E-state index contributed by atoms with van der Waals surface area (Å²) in [6.07, 6.45) is 4.91. The van der Waals surface area contributed by atoms with Crippen LogP contribution in [0.4, 0.5) is 5.69 Å². The fourth-order valence-corrected chi connectivity index (χ4v) is 3.95. The topological polar surface area (TPSA) is 119 Å². The van der Waals surface area contributed by atoms with Gasteiger partial charge in [0.2, 0.25) is 0 Å². The molecule has 1 atom stereocenters. The largest absolute Gasteiger partial charge is 0.479 e. The zero-order valence-electron chi connectivity index (χ0n) is 20.6. The molecule has 3 rings (SSSR count). The smallest absolute Gasteiger partial charge is 0.333 e. The lowest BCUT2D eigenvalue weighted by Gasteiger charge is -2.12. The van der Waals surface area contributed by atoms with Crippen molar-refractivity contribution in [1.29, 1.82) is 0 Å². The van der Waals surface area contributed by atoms with Gasteiger partial charge in [0.15, 0.2) is 6.10 Å². The summed E-state index contributed by atoms with van der Waals surface area (Å²) in [5.41, 5.74) is 3.84. The molecule has 1 amide bonds. The quantitative estimate of drug-likeness (QED) is 0.334. The molecule has 0 heterocycles. The SMILES string of the molecule is CCOC(Cc1ccc(C(=O)Nc2ccc(/C=C/Cc3ccc(OS(C)(=O)=O)cc3)cc2)cc1)C(=O)O. The van der Waals surface area contributed by atoms with Crippen LogP contribution in [-0.4, -0.2) is 44.4 Å². The zero-order valence-corrected chi connectivity index (χ0v) is 21.4. The van der Waals surface area contributed by atoms with Crippen molar-refractivity contribution in [2.45, 2.75) is 25.9 Å². The summed E-state index contributed by atoms with van der Waals surface area (Å²) >= 11 is 0. The average Bonchev–Trinajstić information content (AvgIpc) is 2.85. The standard InChI is InChI=1S/C28H29NO7S/c1-3-35-26(28(31)32)19-22-7-13-23(14-8-22)27(30)29-24-15-9-20(10-16-24)5-4-6-21-11-17-25(18-12-21)36-37(2,33)34/h4-5,7-18,26H,3,6,19H2,1-2H3,(H,29,30)(H,31,32)/b5-4+. The van der Waals surface area contributed by atoms with Gasteiger partial charge in [-0.05, 0) is 66.4 Å². The molecule has 0 spiro atoms. The van der Waals surface area contributed by atoms with E-state index in [1.165, 1.54) is 0 Å². The molecule has 0 aromatic heterocycles. The second-order valence-corrected chi connectivity index (χ2v) is 9.87. The van der Waals surface area contributed by atoms with Crippen LogP contribution < -0.4 is 9.50 Å². The van der Waals surface area contributed by atoms with Crippen LogP contribution in [0.25, 0.3) is 6.08 Å². The number of carbonyl (C=O) groups is 2. The normalized spacial score (nSPS) is 12.3. The molecular weight excluding hydrogens is 494 g/mol. The van der Waals surface area contributed by atoms with Gasteiger partial charge in [-0.15, -0.1) is 0 Å². The molecule has 0 saturated carbocycles. The monoisotopic (exact) mass is 523 g/mol. The molecule has 3 aromatic carbocycles. The molecule has 194 valence electrons. The second kappa shape index (κ2) is 12.8. The van der Waals surface area contributed by atoms with Gasteiger partial charge in [0, 0.05) is 24.3 Å². The van der Waals surface area contributed by atoms with Gasteiger partial charge < -0.3 is 19.3 Å². The van der Waals surface area contributed by atoms with Crippen LogP contribution in [0, 0.1) is 0 Å². The Morgan fingerprint density at radius 2 is 1.57 bits per heavy atom. The molecule has 0 radical (unpaired) electrons. The van der Waals surface area contributed by atoms with E-state index in [4.69, 9.17) is 8.92 Å². The van der Waals surface area contributed by atoms with Crippen LogP contribution in [0.1, 0.15) is 34.0 Å². The third-order valence-electron chi connectivity index (χ3n) is 5.28. The first-order chi connectivity index (χ1) is 17.6. The minimum atomic E-state index is -3.54. The Morgan fingerprint density at radius 1 is 0.946 bits per heavy atom. The lowest BCUT2D eigenvalue weighted by Crippen LogP contribution is -2.26. The van der Waals surface area contributed by atoms with Crippen LogP contribution in [-0.2, 0) is 32.5 Å². The second-order valence-electron chi connectivity index (χ2n) is 8.30. The van der Waals surface area contributed by atoms with Crippen molar-refractivity contribution in [1.82, 2.24) is 0 Å². The molecule has 9 heteroatoms. The van der Waals surface area contributed by atoms with Crippen LogP contribution in [0.2, 0.25) is 0 Å².